The number of nitrogens with one attached hydrogen (secondary N) is 1. The van der Waals surface area contributed by atoms with Gasteiger partial charge in [-0.05, 0) is 30.2 Å². The van der Waals surface area contributed by atoms with Crippen molar-refractivity contribution >= 4 is 44.3 Å². The molecule has 0 unspecified atom stereocenters. The second-order valence-electron chi connectivity index (χ2n) is 5.11. The third-order valence-electron chi connectivity index (χ3n) is 3.36. The summed E-state index contributed by atoms with van der Waals surface area (Å²) in [6, 6.07) is 8.79. The molecule has 24 heavy (non-hydrogen) atoms. The minimum absolute atomic E-state index is 0.202. The maximum Gasteiger partial charge on any atom is 0.250 e. The molecule has 0 radical (unpaired) electrons. The van der Waals surface area contributed by atoms with Crippen molar-refractivity contribution in [2.75, 3.05) is 0 Å². The van der Waals surface area contributed by atoms with Gasteiger partial charge in [0.05, 0.1) is 5.69 Å². The molecule has 0 fully saturated rings. The van der Waals surface area contributed by atoms with Gasteiger partial charge in [0.1, 0.15) is 9.22 Å². The second-order valence-corrected chi connectivity index (χ2v) is 9.31. The standard InChI is InChI=1S/C16H15ClN2O2S3/c1-2-14-10-23-16(19-14)12-7-15(22-9-12)24(20,21)18-8-11-4-3-5-13(17)6-11/h3-7,9-10,18H,2,8H2,1H3. The lowest BCUT2D eigenvalue weighted by Gasteiger charge is -2.05. The van der Waals surface area contributed by atoms with E-state index in [-0.39, 0.29) is 10.8 Å². The van der Waals surface area contributed by atoms with Gasteiger partial charge in [0.15, 0.2) is 0 Å². The van der Waals surface area contributed by atoms with E-state index >= 15 is 0 Å². The molecule has 2 aromatic heterocycles. The van der Waals surface area contributed by atoms with Gasteiger partial charge >= 0.3 is 0 Å². The Hall–Kier alpha value is -1.25. The van der Waals surface area contributed by atoms with E-state index in [0.29, 0.717) is 5.02 Å². The predicted octanol–water partition coefficient (Wildman–Crippen LogP) is 4.57. The fourth-order valence-corrected chi connectivity index (χ4v) is 5.47. The van der Waals surface area contributed by atoms with E-state index in [0.717, 1.165) is 28.2 Å². The topological polar surface area (TPSA) is 59.1 Å². The Morgan fingerprint density at radius 1 is 1.21 bits per heavy atom. The van der Waals surface area contributed by atoms with Crippen molar-refractivity contribution in [1.82, 2.24) is 9.71 Å². The summed E-state index contributed by atoms with van der Waals surface area (Å²) in [5.41, 5.74) is 2.67. The van der Waals surface area contributed by atoms with E-state index in [2.05, 4.69) is 9.71 Å². The number of halogens is 1. The molecule has 3 aromatic rings. The van der Waals surface area contributed by atoms with Gasteiger partial charge in [0.25, 0.3) is 0 Å². The minimum atomic E-state index is -3.55. The summed E-state index contributed by atoms with van der Waals surface area (Å²) in [7, 11) is -3.55. The normalized spacial score (nSPS) is 11.8. The van der Waals surface area contributed by atoms with Gasteiger partial charge in [0, 0.05) is 27.9 Å². The molecule has 0 saturated heterocycles. The zero-order valence-corrected chi connectivity index (χ0v) is 16.0. The van der Waals surface area contributed by atoms with E-state index in [9.17, 15) is 8.42 Å². The Morgan fingerprint density at radius 2 is 2.04 bits per heavy atom. The first-order valence-electron chi connectivity index (χ1n) is 7.25. The van der Waals surface area contributed by atoms with E-state index in [1.54, 1.807) is 24.3 Å². The summed E-state index contributed by atoms with van der Waals surface area (Å²) in [6.45, 7) is 2.25. The number of nitrogens with zero attached hydrogens (tertiary/aromatic N) is 1. The molecule has 0 aliphatic rings. The molecule has 0 aliphatic heterocycles. The van der Waals surface area contributed by atoms with Crippen LogP contribution in [-0.2, 0) is 23.0 Å². The Labute approximate surface area is 154 Å². The Kier molecular flexibility index (Phi) is 5.36. The maximum atomic E-state index is 12.4. The molecule has 0 spiro atoms. The summed E-state index contributed by atoms with van der Waals surface area (Å²) >= 11 is 8.64. The summed E-state index contributed by atoms with van der Waals surface area (Å²) < 4.78 is 27.8. The Bertz CT molecular complexity index is 948. The van der Waals surface area contributed by atoms with Gasteiger partial charge in [-0.2, -0.15) is 0 Å². The fourth-order valence-electron chi connectivity index (χ4n) is 2.07. The lowest BCUT2D eigenvalue weighted by Crippen LogP contribution is -2.22. The number of rotatable bonds is 6. The first kappa shape index (κ1) is 17.6. The molecule has 0 bridgehead atoms. The van der Waals surface area contributed by atoms with Crippen molar-refractivity contribution < 1.29 is 8.42 Å². The molecular formula is C16H15ClN2O2S3. The molecule has 126 valence electrons. The summed E-state index contributed by atoms with van der Waals surface area (Å²) in [4.78, 5) is 4.49. The van der Waals surface area contributed by atoms with Crippen LogP contribution in [0.2, 0.25) is 5.02 Å². The maximum absolute atomic E-state index is 12.4. The Balaban J connectivity index is 1.75. The molecule has 4 nitrogen and oxygen atoms in total. The second kappa shape index (κ2) is 7.33. The lowest BCUT2D eigenvalue weighted by molar-refractivity contribution is 0.583. The average Bonchev–Trinajstić information content (AvgIpc) is 3.22. The van der Waals surface area contributed by atoms with Crippen LogP contribution >= 0.6 is 34.3 Å². The third-order valence-corrected chi connectivity index (χ3v) is 7.37. The monoisotopic (exact) mass is 398 g/mol. The molecule has 0 amide bonds. The highest BCUT2D eigenvalue weighted by molar-refractivity contribution is 7.91. The van der Waals surface area contributed by atoms with Crippen molar-refractivity contribution in [2.45, 2.75) is 24.1 Å². The van der Waals surface area contributed by atoms with E-state index in [4.69, 9.17) is 11.6 Å². The van der Waals surface area contributed by atoms with Crippen LogP contribution in [-0.4, -0.2) is 13.4 Å². The average molecular weight is 399 g/mol. The van der Waals surface area contributed by atoms with Crippen molar-refractivity contribution in [3.63, 3.8) is 0 Å². The highest BCUT2D eigenvalue weighted by Gasteiger charge is 2.18. The van der Waals surface area contributed by atoms with E-state index in [1.165, 1.54) is 22.7 Å². The quantitative estimate of drug-likeness (QED) is 0.661. The zero-order valence-electron chi connectivity index (χ0n) is 12.8. The van der Waals surface area contributed by atoms with Gasteiger partial charge in [0.2, 0.25) is 10.0 Å². The van der Waals surface area contributed by atoms with Crippen molar-refractivity contribution in [3.05, 3.63) is 57.4 Å². The highest BCUT2D eigenvalue weighted by atomic mass is 35.5. The smallest absolute Gasteiger partial charge is 0.241 e. The fraction of sp³-hybridized carbons (Fsp3) is 0.188. The van der Waals surface area contributed by atoms with Gasteiger partial charge in [-0.15, -0.1) is 22.7 Å². The van der Waals surface area contributed by atoms with E-state index in [1.807, 2.05) is 23.8 Å². The summed E-state index contributed by atoms with van der Waals surface area (Å²) in [6.07, 6.45) is 0.868. The van der Waals surface area contributed by atoms with Crippen LogP contribution in [0, 0.1) is 0 Å². The van der Waals surface area contributed by atoms with Crippen LogP contribution in [0.3, 0.4) is 0 Å². The summed E-state index contributed by atoms with van der Waals surface area (Å²) in [5.74, 6) is 0. The van der Waals surface area contributed by atoms with Gasteiger partial charge in [-0.1, -0.05) is 30.7 Å². The van der Waals surface area contributed by atoms with Crippen LogP contribution in [0.25, 0.3) is 10.6 Å². The molecule has 3 rings (SSSR count). The molecule has 0 atom stereocenters. The van der Waals surface area contributed by atoms with Crippen LogP contribution in [0.15, 0.2) is 45.3 Å². The van der Waals surface area contributed by atoms with E-state index < -0.39 is 10.0 Å². The number of sulfonamides is 1. The first-order chi connectivity index (χ1) is 11.5. The zero-order chi connectivity index (χ0) is 17.2. The number of hydrogen-bond donors (Lipinski definition) is 1. The molecule has 1 aromatic carbocycles. The largest absolute Gasteiger partial charge is 0.250 e. The highest BCUT2D eigenvalue weighted by Crippen LogP contribution is 2.30. The van der Waals surface area contributed by atoms with Crippen molar-refractivity contribution in [2.24, 2.45) is 0 Å². The molecule has 0 saturated carbocycles. The van der Waals surface area contributed by atoms with Crippen molar-refractivity contribution in [1.29, 1.82) is 0 Å². The van der Waals surface area contributed by atoms with Crippen molar-refractivity contribution in [3.8, 4) is 10.6 Å². The molecule has 8 heteroatoms. The minimum Gasteiger partial charge on any atom is -0.241 e. The first-order valence-corrected chi connectivity index (χ1v) is 10.9. The number of aryl methyl sites for hydroxylation is 1. The third kappa shape index (κ3) is 4.04. The van der Waals surface area contributed by atoms with Gasteiger partial charge in [-0.25, -0.2) is 18.1 Å². The molecule has 0 aliphatic carbocycles. The molecule has 2 heterocycles. The van der Waals surface area contributed by atoms with Crippen LogP contribution in [0.5, 0.6) is 0 Å². The van der Waals surface area contributed by atoms with Crippen LogP contribution in [0.4, 0.5) is 0 Å². The SMILES string of the molecule is CCc1csc(-c2csc(S(=O)(=O)NCc3cccc(Cl)c3)c2)n1. The number of aromatic nitrogens is 1. The number of thiophene rings is 1. The van der Waals surface area contributed by atoms with Crippen LogP contribution < -0.4 is 4.72 Å². The number of thiazole rings is 1. The summed E-state index contributed by atoms with van der Waals surface area (Å²) in [5, 5.41) is 5.25. The molecule has 1 N–H and O–H groups in total. The van der Waals surface area contributed by atoms with Gasteiger partial charge < -0.3 is 0 Å². The molecular weight excluding hydrogens is 384 g/mol. The van der Waals surface area contributed by atoms with Gasteiger partial charge in [-0.3, -0.25) is 0 Å². The predicted molar refractivity (Wildman–Crippen MR) is 100 cm³/mol. The van der Waals surface area contributed by atoms with Crippen LogP contribution in [0.1, 0.15) is 18.2 Å². The Morgan fingerprint density at radius 3 is 2.75 bits per heavy atom. The number of hydrogen-bond acceptors (Lipinski definition) is 5. The lowest BCUT2D eigenvalue weighted by atomic mass is 10.2. The number of benzene rings is 1.